The van der Waals surface area contributed by atoms with Gasteiger partial charge in [-0.3, -0.25) is 14.2 Å². The monoisotopic (exact) mass is 487 g/mol. The molecule has 0 spiro atoms. The maximum absolute atomic E-state index is 13.7. The molecule has 176 valence electrons. The smallest absolute Gasteiger partial charge is 0.290 e. The maximum atomic E-state index is 13.7. The number of amides is 1. The SMILES string of the molecule is Cc1ccc(-n2c(C(C)N(Cc3ccco3)C(=O)c3ccco3)nc3cc(Cl)ccc3c2=O)cc1. The highest BCUT2D eigenvalue weighted by molar-refractivity contribution is 6.31. The summed E-state index contributed by atoms with van der Waals surface area (Å²) < 4.78 is 12.5. The molecule has 8 heteroatoms. The number of furan rings is 2. The lowest BCUT2D eigenvalue weighted by molar-refractivity contribution is 0.0615. The Morgan fingerprint density at radius 1 is 1.06 bits per heavy atom. The van der Waals surface area contributed by atoms with Crippen LogP contribution < -0.4 is 5.56 Å². The van der Waals surface area contributed by atoms with Crippen molar-refractivity contribution in [2.45, 2.75) is 26.4 Å². The Balaban J connectivity index is 1.72. The number of hydrogen-bond donors (Lipinski definition) is 0. The van der Waals surface area contributed by atoms with Crippen molar-refractivity contribution in [1.82, 2.24) is 14.5 Å². The fourth-order valence-corrected chi connectivity index (χ4v) is 4.20. The summed E-state index contributed by atoms with van der Waals surface area (Å²) in [6.07, 6.45) is 3.00. The molecular formula is C27H22ClN3O4. The molecule has 5 rings (SSSR count). The van der Waals surface area contributed by atoms with Crippen molar-refractivity contribution in [3.05, 3.63) is 118 Å². The highest BCUT2D eigenvalue weighted by Gasteiger charge is 2.30. The molecule has 0 bridgehead atoms. The van der Waals surface area contributed by atoms with Crippen LogP contribution >= 0.6 is 11.6 Å². The van der Waals surface area contributed by atoms with Crippen LogP contribution in [0.1, 0.15) is 40.7 Å². The van der Waals surface area contributed by atoms with Crippen LogP contribution in [0, 0.1) is 6.92 Å². The molecule has 0 aliphatic rings. The van der Waals surface area contributed by atoms with Gasteiger partial charge >= 0.3 is 0 Å². The van der Waals surface area contributed by atoms with Crippen LogP contribution in [0.15, 0.2) is 92.9 Å². The average molecular weight is 488 g/mol. The molecule has 0 saturated heterocycles. The lowest BCUT2D eigenvalue weighted by Crippen LogP contribution is -2.37. The first kappa shape index (κ1) is 22.7. The number of fused-ring (bicyclic) bond motifs is 1. The van der Waals surface area contributed by atoms with Gasteiger partial charge < -0.3 is 13.7 Å². The topological polar surface area (TPSA) is 81.5 Å². The first-order valence-corrected chi connectivity index (χ1v) is 11.5. The Labute approximate surface area is 206 Å². The summed E-state index contributed by atoms with van der Waals surface area (Å²) in [4.78, 5) is 33.6. The van der Waals surface area contributed by atoms with E-state index < -0.39 is 6.04 Å². The lowest BCUT2D eigenvalue weighted by Gasteiger charge is -2.29. The highest BCUT2D eigenvalue weighted by Crippen LogP contribution is 2.27. The van der Waals surface area contributed by atoms with Gasteiger partial charge in [0.15, 0.2) is 5.76 Å². The number of carbonyl (C=O) groups is 1. The molecular weight excluding hydrogens is 466 g/mol. The summed E-state index contributed by atoms with van der Waals surface area (Å²) in [7, 11) is 0. The standard InChI is InChI=1S/C27H22ClN3O4/c1-17-7-10-20(11-8-17)31-25(29-23-15-19(28)9-12-22(23)26(31)32)18(2)30(16-21-5-3-13-34-21)27(33)24-6-4-14-35-24/h3-15,18H,16H2,1-2H3. The second kappa shape index (κ2) is 9.27. The van der Waals surface area contributed by atoms with Crippen molar-refractivity contribution in [2.75, 3.05) is 0 Å². The van der Waals surface area contributed by atoms with Crippen LogP contribution in [0.3, 0.4) is 0 Å². The quantitative estimate of drug-likeness (QED) is 0.296. The molecule has 35 heavy (non-hydrogen) atoms. The maximum Gasteiger partial charge on any atom is 0.290 e. The second-order valence-corrected chi connectivity index (χ2v) is 8.71. The second-order valence-electron chi connectivity index (χ2n) is 8.27. The molecule has 2 aromatic carbocycles. The molecule has 0 N–H and O–H groups in total. The lowest BCUT2D eigenvalue weighted by atomic mass is 10.1. The van der Waals surface area contributed by atoms with Crippen molar-refractivity contribution in [1.29, 1.82) is 0 Å². The summed E-state index contributed by atoms with van der Waals surface area (Å²) in [5, 5.41) is 0.899. The van der Waals surface area contributed by atoms with Crippen molar-refractivity contribution in [3.63, 3.8) is 0 Å². The van der Waals surface area contributed by atoms with E-state index in [1.54, 1.807) is 58.2 Å². The summed E-state index contributed by atoms with van der Waals surface area (Å²) >= 11 is 6.21. The van der Waals surface area contributed by atoms with E-state index in [9.17, 15) is 9.59 Å². The molecule has 5 aromatic rings. The number of carbonyl (C=O) groups excluding carboxylic acids is 1. The number of rotatable bonds is 6. The Morgan fingerprint density at radius 3 is 2.49 bits per heavy atom. The van der Waals surface area contributed by atoms with Crippen molar-refractivity contribution >= 4 is 28.4 Å². The number of benzene rings is 2. The van der Waals surface area contributed by atoms with Gasteiger partial charge in [-0.1, -0.05) is 29.3 Å². The van der Waals surface area contributed by atoms with Gasteiger partial charge in [-0.05, 0) is 68.4 Å². The normalized spacial score (nSPS) is 12.1. The van der Waals surface area contributed by atoms with Crippen LogP contribution in [0.4, 0.5) is 0 Å². The van der Waals surface area contributed by atoms with E-state index in [2.05, 4.69) is 0 Å². The van der Waals surface area contributed by atoms with E-state index >= 15 is 0 Å². The molecule has 3 aromatic heterocycles. The Morgan fingerprint density at radius 2 is 1.80 bits per heavy atom. The van der Waals surface area contributed by atoms with Gasteiger partial charge in [0.1, 0.15) is 11.6 Å². The summed E-state index contributed by atoms with van der Waals surface area (Å²) in [6, 6.07) is 18.7. The number of hydrogen-bond acceptors (Lipinski definition) is 5. The summed E-state index contributed by atoms with van der Waals surface area (Å²) in [5.41, 5.74) is 1.91. The van der Waals surface area contributed by atoms with Gasteiger partial charge in [0.25, 0.3) is 11.5 Å². The molecule has 0 saturated carbocycles. The number of aromatic nitrogens is 2. The van der Waals surface area contributed by atoms with Gasteiger partial charge in [0.05, 0.1) is 41.7 Å². The van der Waals surface area contributed by atoms with Crippen molar-refractivity contribution in [2.24, 2.45) is 0 Å². The fourth-order valence-electron chi connectivity index (χ4n) is 4.04. The Hall–Kier alpha value is -4.10. The van der Waals surface area contributed by atoms with Crippen LogP contribution in [0.5, 0.6) is 0 Å². The number of halogens is 1. The van der Waals surface area contributed by atoms with Crippen LogP contribution in [0.2, 0.25) is 5.02 Å². The average Bonchev–Trinajstić information content (AvgIpc) is 3.57. The molecule has 0 aliphatic heterocycles. The molecule has 3 heterocycles. The highest BCUT2D eigenvalue weighted by atomic mass is 35.5. The number of aryl methyl sites for hydroxylation is 1. The first-order valence-electron chi connectivity index (χ1n) is 11.1. The minimum Gasteiger partial charge on any atom is -0.467 e. The molecule has 1 unspecified atom stereocenters. The van der Waals surface area contributed by atoms with Crippen molar-refractivity contribution < 1.29 is 13.6 Å². The minimum absolute atomic E-state index is 0.158. The third kappa shape index (κ3) is 4.38. The third-order valence-electron chi connectivity index (χ3n) is 5.89. The zero-order valence-corrected chi connectivity index (χ0v) is 19.9. The zero-order valence-electron chi connectivity index (χ0n) is 19.1. The molecule has 0 radical (unpaired) electrons. The van der Waals surface area contributed by atoms with Crippen LogP contribution in [-0.4, -0.2) is 20.4 Å². The van der Waals surface area contributed by atoms with E-state index in [0.29, 0.717) is 33.2 Å². The van der Waals surface area contributed by atoms with Gasteiger partial charge in [-0.2, -0.15) is 0 Å². The van der Waals surface area contributed by atoms with Gasteiger partial charge in [0, 0.05) is 5.02 Å². The number of nitrogens with zero attached hydrogens (tertiary/aromatic N) is 3. The van der Waals surface area contributed by atoms with E-state index in [0.717, 1.165) is 5.56 Å². The molecule has 1 amide bonds. The predicted octanol–water partition coefficient (Wildman–Crippen LogP) is 5.94. The van der Waals surface area contributed by atoms with E-state index in [-0.39, 0.29) is 23.8 Å². The van der Waals surface area contributed by atoms with Gasteiger partial charge in [0.2, 0.25) is 0 Å². The van der Waals surface area contributed by atoms with Crippen LogP contribution in [-0.2, 0) is 6.54 Å². The summed E-state index contributed by atoms with van der Waals surface area (Å²) in [6.45, 7) is 3.96. The van der Waals surface area contributed by atoms with E-state index in [1.807, 2.05) is 38.1 Å². The summed E-state index contributed by atoms with van der Waals surface area (Å²) in [5.74, 6) is 0.802. The predicted molar refractivity (Wildman–Crippen MR) is 133 cm³/mol. The van der Waals surface area contributed by atoms with Crippen molar-refractivity contribution in [3.8, 4) is 5.69 Å². The molecule has 7 nitrogen and oxygen atoms in total. The fraction of sp³-hybridized carbons (Fsp3) is 0.148. The third-order valence-corrected chi connectivity index (χ3v) is 6.12. The largest absolute Gasteiger partial charge is 0.467 e. The molecule has 1 atom stereocenters. The minimum atomic E-state index is -0.630. The van der Waals surface area contributed by atoms with Gasteiger partial charge in [-0.15, -0.1) is 0 Å². The van der Waals surface area contributed by atoms with E-state index in [1.165, 1.54) is 6.26 Å². The van der Waals surface area contributed by atoms with Gasteiger partial charge in [-0.25, -0.2) is 4.98 Å². The molecule has 0 aliphatic carbocycles. The van der Waals surface area contributed by atoms with E-state index in [4.69, 9.17) is 25.4 Å². The van der Waals surface area contributed by atoms with Crippen LogP contribution in [0.25, 0.3) is 16.6 Å². The zero-order chi connectivity index (χ0) is 24.5. The first-order chi connectivity index (χ1) is 16.9. The Kier molecular flexibility index (Phi) is 6.01. The molecule has 0 fully saturated rings. The Bertz CT molecular complexity index is 1540.